The Labute approximate surface area is 187 Å². The highest BCUT2D eigenvalue weighted by atomic mass is 127. The van der Waals surface area contributed by atoms with Crippen LogP contribution in [0, 0.1) is 5.92 Å². The number of fused-ring (bicyclic) bond motifs is 1. The van der Waals surface area contributed by atoms with Gasteiger partial charge in [-0.3, -0.25) is 0 Å². The summed E-state index contributed by atoms with van der Waals surface area (Å²) in [5.41, 5.74) is 0.514. The van der Waals surface area contributed by atoms with Gasteiger partial charge in [0.2, 0.25) is 6.79 Å². The van der Waals surface area contributed by atoms with Crippen LogP contribution in [0.4, 0.5) is 8.78 Å². The number of ether oxygens (including phenoxy) is 3. The second-order valence-electron chi connectivity index (χ2n) is 6.82. The number of aliphatic imine (C=N–C) groups is 1. The summed E-state index contributed by atoms with van der Waals surface area (Å²) in [5.74, 6) is 2.18. The smallest absolute Gasteiger partial charge is 0.387 e. The van der Waals surface area contributed by atoms with E-state index >= 15 is 0 Å². The third-order valence-corrected chi connectivity index (χ3v) is 4.90. The van der Waals surface area contributed by atoms with Gasteiger partial charge in [0.1, 0.15) is 5.75 Å². The lowest BCUT2D eigenvalue weighted by Crippen LogP contribution is -2.40. The molecule has 0 saturated carbocycles. The Hall–Kier alpha value is -1.56. The predicted octanol–water partition coefficient (Wildman–Crippen LogP) is 3.03. The number of guanidine groups is 1. The molecular weight excluding hydrogens is 497 g/mol. The van der Waals surface area contributed by atoms with E-state index in [9.17, 15) is 8.78 Å². The Morgan fingerprint density at radius 2 is 2.03 bits per heavy atom. The van der Waals surface area contributed by atoms with Gasteiger partial charge in [-0.1, -0.05) is 6.92 Å². The summed E-state index contributed by atoms with van der Waals surface area (Å²) in [6.07, 6.45) is 1.16. The van der Waals surface area contributed by atoms with E-state index in [1.165, 1.54) is 6.07 Å². The summed E-state index contributed by atoms with van der Waals surface area (Å²) in [4.78, 5) is 6.96. The molecule has 164 valence electrons. The molecule has 1 atom stereocenters. The topological polar surface area (TPSA) is 67.4 Å². The SMILES string of the molecule is CCNC(=NCc1cc2c(cc1OC(F)F)OCO2)NCC1CCN(CC)C1.I. The van der Waals surface area contributed by atoms with Crippen molar-refractivity contribution in [3.63, 3.8) is 0 Å². The highest BCUT2D eigenvalue weighted by Crippen LogP contribution is 2.39. The van der Waals surface area contributed by atoms with Crippen LogP contribution in [0.2, 0.25) is 0 Å². The number of nitrogens with one attached hydrogen (secondary N) is 2. The van der Waals surface area contributed by atoms with Crippen LogP contribution < -0.4 is 24.8 Å². The fourth-order valence-corrected chi connectivity index (χ4v) is 3.41. The number of halogens is 3. The minimum Gasteiger partial charge on any atom is -0.454 e. The van der Waals surface area contributed by atoms with Crippen LogP contribution in [0.3, 0.4) is 0 Å². The molecule has 2 aliphatic rings. The Morgan fingerprint density at radius 3 is 2.69 bits per heavy atom. The predicted molar refractivity (Wildman–Crippen MR) is 118 cm³/mol. The fraction of sp³-hybridized carbons (Fsp3) is 0.632. The number of rotatable bonds is 8. The van der Waals surface area contributed by atoms with Crippen molar-refractivity contribution in [2.24, 2.45) is 10.9 Å². The van der Waals surface area contributed by atoms with Crippen LogP contribution in [-0.4, -0.2) is 57.0 Å². The summed E-state index contributed by atoms with van der Waals surface area (Å²) in [6.45, 7) is 6.29. The lowest BCUT2D eigenvalue weighted by Gasteiger charge is -2.16. The van der Waals surface area contributed by atoms with Gasteiger partial charge in [-0.05, 0) is 38.4 Å². The minimum absolute atomic E-state index is 0. The van der Waals surface area contributed by atoms with Crippen molar-refractivity contribution in [2.45, 2.75) is 33.4 Å². The lowest BCUT2D eigenvalue weighted by molar-refractivity contribution is -0.0505. The van der Waals surface area contributed by atoms with Gasteiger partial charge in [0.25, 0.3) is 0 Å². The highest BCUT2D eigenvalue weighted by Gasteiger charge is 2.22. The second-order valence-corrected chi connectivity index (χ2v) is 6.82. The molecule has 1 unspecified atom stereocenters. The van der Waals surface area contributed by atoms with Crippen molar-refractivity contribution in [3.8, 4) is 17.2 Å². The van der Waals surface area contributed by atoms with E-state index in [1.54, 1.807) is 6.07 Å². The fourth-order valence-electron chi connectivity index (χ4n) is 3.41. The largest absolute Gasteiger partial charge is 0.454 e. The second kappa shape index (κ2) is 11.6. The summed E-state index contributed by atoms with van der Waals surface area (Å²) in [6, 6.07) is 3.07. The van der Waals surface area contributed by atoms with Gasteiger partial charge in [0.05, 0.1) is 6.54 Å². The van der Waals surface area contributed by atoms with Crippen LogP contribution in [0.15, 0.2) is 17.1 Å². The van der Waals surface area contributed by atoms with E-state index in [0.717, 1.165) is 32.6 Å². The van der Waals surface area contributed by atoms with Gasteiger partial charge in [-0.2, -0.15) is 8.78 Å². The first-order valence-electron chi connectivity index (χ1n) is 9.70. The molecule has 7 nitrogen and oxygen atoms in total. The molecule has 0 radical (unpaired) electrons. The summed E-state index contributed by atoms with van der Waals surface area (Å²) >= 11 is 0. The van der Waals surface area contributed by atoms with Gasteiger partial charge in [0.15, 0.2) is 17.5 Å². The molecule has 1 fully saturated rings. The van der Waals surface area contributed by atoms with E-state index in [0.29, 0.717) is 35.5 Å². The number of nitrogens with zero attached hydrogens (tertiary/aromatic N) is 2. The van der Waals surface area contributed by atoms with Crippen molar-refractivity contribution in [2.75, 3.05) is 39.5 Å². The lowest BCUT2D eigenvalue weighted by atomic mass is 10.1. The van der Waals surface area contributed by atoms with Gasteiger partial charge in [-0.25, -0.2) is 4.99 Å². The van der Waals surface area contributed by atoms with E-state index < -0.39 is 6.61 Å². The summed E-state index contributed by atoms with van der Waals surface area (Å²) < 4.78 is 40.8. The maximum Gasteiger partial charge on any atom is 0.387 e. The molecule has 2 N–H and O–H groups in total. The summed E-state index contributed by atoms with van der Waals surface area (Å²) in [7, 11) is 0. The number of likely N-dealkylation sites (tertiary alicyclic amines) is 1. The Bertz CT molecular complexity index is 694. The maximum atomic E-state index is 12.8. The molecule has 0 aromatic heterocycles. The van der Waals surface area contributed by atoms with Crippen LogP contribution in [0.5, 0.6) is 17.2 Å². The van der Waals surface area contributed by atoms with Crippen LogP contribution in [0.25, 0.3) is 0 Å². The molecule has 0 spiro atoms. The van der Waals surface area contributed by atoms with Crippen molar-refractivity contribution < 1.29 is 23.0 Å². The highest BCUT2D eigenvalue weighted by molar-refractivity contribution is 14.0. The normalized spacial score (nSPS) is 18.7. The van der Waals surface area contributed by atoms with Gasteiger partial charge < -0.3 is 29.7 Å². The third kappa shape index (κ3) is 6.73. The van der Waals surface area contributed by atoms with E-state index in [-0.39, 0.29) is 43.1 Å². The Balaban J connectivity index is 0.00000300. The van der Waals surface area contributed by atoms with Crippen LogP contribution >= 0.6 is 24.0 Å². The molecule has 2 heterocycles. The van der Waals surface area contributed by atoms with Crippen molar-refractivity contribution in [1.29, 1.82) is 0 Å². The van der Waals surface area contributed by atoms with E-state index in [4.69, 9.17) is 9.47 Å². The van der Waals surface area contributed by atoms with Crippen molar-refractivity contribution >= 4 is 29.9 Å². The number of hydrogen-bond donors (Lipinski definition) is 2. The number of benzene rings is 1. The first-order valence-corrected chi connectivity index (χ1v) is 9.70. The quantitative estimate of drug-likeness (QED) is 0.309. The number of alkyl halides is 2. The van der Waals surface area contributed by atoms with Gasteiger partial charge >= 0.3 is 6.61 Å². The van der Waals surface area contributed by atoms with E-state index in [1.807, 2.05) is 6.92 Å². The molecule has 0 bridgehead atoms. The Morgan fingerprint density at radius 1 is 1.28 bits per heavy atom. The maximum absolute atomic E-state index is 12.8. The van der Waals surface area contributed by atoms with E-state index in [2.05, 4.69) is 32.2 Å². The third-order valence-electron chi connectivity index (χ3n) is 4.90. The van der Waals surface area contributed by atoms with Gasteiger partial charge in [-0.15, -0.1) is 24.0 Å². The molecule has 1 aromatic carbocycles. The first-order chi connectivity index (χ1) is 13.6. The standard InChI is InChI=1S/C19H28F2N4O3.HI/c1-3-22-19(23-9-13-5-6-25(4-2)11-13)24-10-14-7-16-17(27-12-26-16)8-15(14)28-18(20)21;/h7-8,13,18H,3-6,9-12H2,1-2H3,(H2,22,23,24);1H. The van der Waals surface area contributed by atoms with Gasteiger partial charge in [0, 0.05) is 31.3 Å². The molecule has 3 rings (SSSR count). The number of hydrogen-bond acceptors (Lipinski definition) is 5. The average Bonchev–Trinajstić information content (AvgIpc) is 3.32. The molecule has 29 heavy (non-hydrogen) atoms. The zero-order valence-electron chi connectivity index (χ0n) is 16.7. The molecule has 2 aliphatic heterocycles. The van der Waals surface area contributed by atoms with Crippen LogP contribution in [-0.2, 0) is 6.54 Å². The molecule has 1 saturated heterocycles. The van der Waals surface area contributed by atoms with Crippen molar-refractivity contribution in [1.82, 2.24) is 15.5 Å². The first kappa shape index (κ1) is 23.7. The molecular formula is C19H29F2IN4O3. The summed E-state index contributed by atoms with van der Waals surface area (Å²) in [5, 5.41) is 6.55. The molecule has 0 aliphatic carbocycles. The molecule has 0 amide bonds. The van der Waals surface area contributed by atoms with Crippen molar-refractivity contribution in [3.05, 3.63) is 17.7 Å². The monoisotopic (exact) mass is 526 g/mol. The minimum atomic E-state index is -2.92. The zero-order valence-corrected chi connectivity index (χ0v) is 19.1. The Kier molecular flexibility index (Phi) is 9.47. The molecule has 1 aromatic rings. The average molecular weight is 526 g/mol. The zero-order chi connectivity index (χ0) is 19.9. The van der Waals surface area contributed by atoms with Crippen LogP contribution in [0.1, 0.15) is 25.8 Å². The molecule has 10 heteroatoms.